The minimum absolute atomic E-state index is 0.0503. The van der Waals surface area contributed by atoms with Crippen molar-refractivity contribution in [2.75, 3.05) is 71.1 Å². The molecule has 6 rings (SSSR count). The quantitative estimate of drug-likeness (QED) is 0.143. The smallest absolute Gasteiger partial charge is 0.417 e. The molecule has 2 fully saturated rings. The molecule has 11 nitrogen and oxygen atoms in total. The molecule has 264 valence electrons. The lowest BCUT2D eigenvalue weighted by molar-refractivity contribution is -0.137. The molecule has 15 heteroatoms. The Balaban J connectivity index is 1.46. The highest BCUT2D eigenvalue weighted by Gasteiger charge is 2.36. The maximum absolute atomic E-state index is 14.3. The lowest BCUT2D eigenvalue weighted by Crippen LogP contribution is -2.55. The number of nitrogens with zero attached hydrogens (tertiary/aromatic N) is 7. The molecular formula is C35H38F4N8O3. The number of ether oxygens (including phenoxy) is 1. The fraction of sp³-hybridized carbons (Fsp3) is 0.429. The number of nitrogens with two attached hydrogens (primary N) is 1. The van der Waals surface area contributed by atoms with Crippen molar-refractivity contribution in [2.45, 2.75) is 37.3 Å². The molecule has 0 spiro atoms. The lowest BCUT2D eigenvalue weighted by Gasteiger charge is -2.41. The number of hydrogen-bond acceptors (Lipinski definition) is 10. The van der Waals surface area contributed by atoms with Crippen molar-refractivity contribution < 1.29 is 31.5 Å². The van der Waals surface area contributed by atoms with Gasteiger partial charge in [-0.1, -0.05) is 6.08 Å². The summed E-state index contributed by atoms with van der Waals surface area (Å²) in [5, 5.41) is 10.5. The highest BCUT2D eigenvalue weighted by molar-refractivity contribution is 6.14. The van der Waals surface area contributed by atoms with E-state index in [0.717, 1.165) is 6.07 Å². The number of halogens is 4. The van der Waals surface area contributed by atoms with Crippen molar-refractivity contribution in [2.24, 2.45) is 0 Å². The van der Waals surface area contributed by atoms with Gasteiger partial charge in [0.05, 0.1) is 41.3 Å². The number of nitriles is 1. The maximum atomic E-state index is 14.3. The molecule has 2 aliphatic rings. The summed E-state index contributed by atoms with van der Waals surface area (Å²) in [5.74, 6) is 0.164. The number of furan rings is 1. The van der Waals surface area contributed by atoms with E-state index in [1.807, 2.05) is 28.8 Å². The molecule has 4 aromatic rings. The van der Waals surface area contributed by atoms with Crippen molar-refractivity contribution in [3.05, 3.63) is 54.3 Å². The molecular weight excluding hydrogens is 656 g/mol. The van der Waals surface area contributed by atoms with Crippen molar-refractivity contribution in [3.63, 3.8) is 0 Å². The Morgan fingerprint density at radius 3 is 2.66 bits per heavy atom. The SMILES string of the molecule is CN(C)C/C=C/C(=O)N1CCN(c2nc(OC[C@@H]3C[C@@H](F)CN3C)nc3cc(-c4cc(N)ccc4C(F)(F)F)c4ccoc4c23)C[C@@H]1CC#N. The Morgan fingerprint density at radius 2 is 1.96 bits per heavy atom. The molecule has 2 aromatic carbocycles. The average Bonchev–Trinajstić information content (AvgIpc) is 3.67. The molecule has 0 bridgehead atoms. The van der Waals surface area contributed by atoms with E-state index in [1.54, 1.807) is 24.1 Å². The third-order valence-electron chi connectivity index (χ3n) is 9.17. The molecule has 2 aliphatic heterocycles. The normalized spacial score (nSPS) is 20.4. The number of piperazine rings is 1. The minimum atomic E-state index is -4.67. The number of rotatable bonds is 9. The number of likely N-dealkylation sites (tertiary alicyclic amines) is 1. The van der Waals surface area contributed by atoms with Gasteiger partial charge in [-0.25, -0.2) is 4.39 Å². The molecule has 4 heterocycles. The summed E-state index contributed by atoms with van der Waals surface area (Å²) < 4.78 is 69.0. The fourth-order valence-corrected chi connectivity index (χ4v) is 6.70. The van der Waals surface area contributed by atoms with Crippen LogP contribution in [0.15, 0.2) is 53.2 Å². The standard InChI is InChI=1S/C35H38F4N8O3/c1-44(2)11-4-5-30(48)47-13-12-46(19-23(47)8-10-40)33-31-29(42-34(43-33)50-20-24-15-21(36)18-45(24)3)17-26(25-9-14-49-32(25)31)27-16-22(41)6-7-28(27)35(37,38)39/h4-7,9,14,16-17,21,23-24H,8,11-13,15,18-20,41H2,1-3H3/b5-4+/t21-,23+,24+/m1/s1. The number of anilines is 2. The monoisotopic (exact) mass is 694 g/mol. The van der Waals surface area contributed by atoms with Crippen LogP contribution in [0.5, 0.6) is 6.01 Å². The highest BCUT2D eigenvalue weighted by Crippen LogP contribution is 2.44. The van der Waals surface area contributed by atoms with Gasteiger partial charge in [0.2, 0.25) is 5.91 Å². The second-order valence-electron chi connectivity index (χ2n) is 13.0. The minimum Gasteiger partial charge on any atom is -0.463 e. The van der Waals surface area contributed by atoms with E-state index in [0.29, 0.717) is 29.7 Å². The first-order valence-corrected chi connectivity index (χ1v) is 16.2. The molecule has 0 aliphatic carbocycles. The van der Waals surface area contributed by atoms with Crippen molar-refractivity contribution in [1.29, 1.82) is 5.26 Å². The van der Waals surface area contributed by atoms with Crippen molar-refractivity contribution in [3.8, 4) is 23.2 Å². The van der Waals surface area contributed by atoms with E-state index in [1.165, 1.54) is 30.5 Å². The topological polar surface area (TPSA) is 128 Å². The Kier molecular flexibility index (Phi) is 9.86. The number of nitrogen functional groups attached to an aromatic ring is 1. The molecule has 50 heavy (non-hydrogen) atoms. The maximum Gasteiger partial charge on any atom is 0.417 e. The van der Waals surface area contributed by atoms with Crippen LogP contribution in [-0.2, 0) is 11.0 Å². The largest absolute Gasteiger partial charge is 0.463 e. The van der Waals surface area contributed by atoms with E-state index in [4.69, 9.17) is 19.9 Å². The number of benzene rings is 2. The van der Waals surface area contributed by atoms with Crippen LogP contribution in [0.4, 0.5) is 29.1 Å². The van der Waals surface area contributed by atoms with Crippen LogP contribution in [0.2, 0.25) is 0 Å². The van der Waals surface area contributed by atoms with Crippen LogP contribution in [0, 0.1) is 11.3 Å². The summed E-state index contributed by atoms with van der Waals surface area (Å²) >= 11 is 0. The molecule has 0 saturated carbocycles. The predicted octanol–water partition coefficient (Wildman–Crippen LogP) is 5.11. The molecule has 0 unspecified atom stereocenters. The van der Waals surface area contributed by atoms with Gasteiger partial charge in [-0.3, -0.25) is 9.69 Å². The Labute approximate surface area is 286 Å². The fourth-order valence-electron chi connectivity index (χ4n) is 6.70. The number of amides is 1. The summed E-state index contributed by atoms with van der Waals surface area (Å²) in [5.41, 5.74) is 5.84. The molecule has 2 saturated heterocycles. The number of fused-ring (bicyclic) bond motifs is 3. The Morgan fingerprint density at radius 1 is 1.16 bits per heavy atom. The van der Waals surface area contributed by atoms with Gasteiger partial charge in [0.1, 0.15) is 24.2 Å². The van der Waals surface area contributed by atoms with Gasteiger partial charge >= 0.3 is 12.2 Å². The van der Waals surface area contributed by atoms with E-state index in [-0.39, 0.29) is 85.0 Å². The number of likely N-dealkylation sites (N-methyl/N-ethyl adjacent to an activating group) is 2. The molecule has 2 N–H and O–H groups in total. The number of carbonyl (C=O) groups is 1. The van der Waals surface area contributed by atoms with E-state index >= 15 is 0 Å². The average molecular weight is 695 g/mol. The van der Waals surface area contributed by atoms with Crippen molar-refractivity contribution >= 4 is 39.3 Å². The summed E-state index contributed by atoms with van der Waals surface area (Å²) in [6.45, 7) is 1.78. The Bertz CT molecular complexity index is 1960. The number of hydrogen-bond donors (Lipinski definition) is 1. The summed E-state index contributed by atoms with van der Waals surface area (Å²) in [6, 6.07) is 7.96. The van der Waals surface area contributed by atoms with E-state index in [9.17, 15) is 27.6 Å². The summed E-state index contributed by atoms with van der Waals surface area (Å²) in [6.07, 6.45) is -0.667. The van der Waals surface area contributed by atoms with Gasteiger partial charge in [-0.2, -0.15) is 28.4 Å². The zero-order chi connectivity index (χ0) is 35.7. The molecule has 3 atom stereocenters. The number of aromatic nitrogens is 2. The van der Waals surface area contributed by atoms with Crippen LogP contribution in [-0.4, -0.2) is 109 Å². The van der Waals surface area contributed by atoms with E-state index < -0.39 is 24.0 Å². The first-order valence-electron chi connectivity index (χ1n) is 16.2. The van der Waals surface area contributed by atoms with Crippen LogP contribution in [0.1, 0.15) is 18.4 Å². The van der Waals surface area contributed by atoms with Crippen LogP contribution in [0.25, 0.3) is 33.0 Å². The Hall–Kier alpha value is -4.94. The molecule has 2 aromatic heterocycles. The van der Waals surface area contributed by atoms with Gasteiger partial charge in [0.25, 0.3) is 0 Å². The van der Waals surface area contributed by atoms with Gasteiger partial charge < -0.3 is 29.6 Å². The highest BCUT2D eigenvalue weighted by atomic mass is 19.4. The molecule has 1 amide bonds. The lowest BCUT2D eigenvalue weighted by atomic mass is 9.94. The van der Waals surface area contributed by atoms with Gasteiger partial charge in [0, 0.05) is 55.9 Å². The van der Waals surface area contributed by atoms with Crippen LogP contribution in [0.3, 0.4) is 0 Å². The second kappa shape index (κ2) is 14.1. The molecule has 0 radical (unpaired) electrons. The van der Waals surface area contributed by atoms with Gasteiger partial charge in [0.15, 0.2) is 0 Å². The van der Waals surface area contributed by atoms with Crippen LogP contribution >= 0.6 is 0 Å². The zero-order valence-electron chi connectivity index (χ0n) is 28.0. The second-order valence-corrected chi connectivity index (χ2v) is 13.0. The first kappa shape index (κ1) is 34.9. The first-order chi connectivity index (χ1) is 23.8. The summed E-state index contributed by atoms with van der Waals surface area (Å²) in [7, 11) is 5.59. The van der Waals surface area contributed by atoms with E-state index in [2.05, 4.69) is 11.1 Å². The van der Waals surface area contributed by atoms with Crippen LogP contribution < -0.4 is 15.4 Å². The number of alkyl halides is 4. The third-order valence-corrected chi connectivity index (χ3v) is 9.17. The summed E-state index contributed by atoms with van der Waals surface area (Å²) in [4.78, 5) is 29.9. The van der Waals surface area contributed by atoms with Gasteiger partial charge in [-0.05, 0) is 69.0 Å². The van der Waals surface area contributed by atoms with Crippen molar-refractivity contribution in [1.82, 2.24) is 24.7 Å². The predicted molar refractivity (Wildman–Crippen MR) is 181 cm³/mol. The third kappa shape index (κ3) is 7.17. The van der Waals surface area contributed by atoms with Gasteiger partial charge in [-0.15, -0.1) is 0 Å². The number of carbonyl (C=O) groups excluding carboxylic acids is 1. The zero-order valence-corrected chi connectivity index (χ0v) is 28.0.